The van der Waals surface area contributed by atoms with Crippen LogP contribution in [-0.4, -0.2) is 19.9 Å². The molecule has 2 rings (SSSR count). The summed E-state index contributed by atoms with van der Waals surface area (Å²) in [5.41, 5.74) is -0.250. The monoisotopic (exact) mass is 376 g/mol. The van der Waals surface area contributed by atoms with E-state index in [0.717, 1.165) is 0 Å². The van der Waals surface area contributed by atoms with Crippen LogP contribution in [0.4, 0.5) is 0 Å². The first-order chi connectivity index (χ1) is 8.49. The van der Waals surface area contributed by atoms with Crippen LogP contribution in [0.1, 0.15) is 31.5 Å². The molecule has 18 heavy (non-hydrogen) atoms. The second kappa shape index (κ2) is 5.31. The van der Waals surface area contributed by atoms with Gasteiger partial charge in [-0.3, -0.25) is 4.79 Å². The molecule has 0 aliphatic carbocycles. The van der Waals surface area contributed by atoms with Crippen LogP contribution >= 0.6 is 31.9 Å². The molecular weight excluding hydrogens is 368 g/mol. The quantitative estimate of drug-likeness (QED) is 0.820. The zero-order valence-corrected chi connectivity index (χ0v) is 12.9. The van der Waals surface area contributed by atoms with E-state index in [2.05, 4.69) is 47.1 Å². The van der Waals surface area contributed by atoms with E-state index in [-0.39, 0.29) is 18.0 Å². The van der Waals surface area contributed by atoms with Crippen molar-refractivity contribution >= 4 is 31.9 Å². The van der Waals surface area contributed by atoms with Gasteiger partial charge in [-0.15, -0.1) is 0 Å². The van der Waals surface area contributed by atoms with Crippen molar-refractivity contribution in [1.29, 1.82) is 0 Å². The zero-order chi connectivity index (χ0) is 13.3. The highest BCUT2D eigenvalue weighted by atomic mass is 79.9. The topological polar surface area (TPSA) is 73.8 Å². The summed E-state index contributed by atoms with van der Waals surface area (Å²) in [6.07, 6.45) is 1.54. The van der Waals surface area contributed by atoms with Crippen LogP contribution in [0.5, 0.6) is 0 Å². The molecule has 0 N–H and O–H groups in total. The standard InChI is InChI=1S/C10H10Br2N4O2/c1-5(2)9-14-7(15-18-9)4-16-10(17)8(12)6(11)3-13-16/h3,5H,4H2,1-2H3. The number of rotatable bonds is 3. The van der Waals surface area contributed by atoms with Gasteiger partial charge in [-0.2, -0.15) is 10.1 Å². The number of nitrogens with zero attached hydrogens (tertiary/aromatic N) is 4. The van der Waals surface area contributed by atoms with E-state index >= 15 is 0 Å². The van der Waals surface area contributed by atoms with Crippen molar-refractivity contribution < 1.29 is 4.52 Å². The molecule has 96 valence electrons. The molecule has 0 aromatic carbocycles. The van der Waals surface area contributed by atoms with Gasteiger partial charge in [0, 0.05) is 5.92 Å². The van der Waals surface area contributed by atoms with Crippen LogP contribution < -0.4 is 5.56 Å². The average molecular weight is 378 g/mol. The maximum absolute atomic E-state index is 11.9. The molecule has 2 aromatic rings. The lowest BCUT2D eigenvalue weighted by molar-refractivity contribution is 0.359. The maximum atomic E-state index is 11.9. The van der Waals surface area contributed by atoms with Crippen LogP contribution in [0.2, 0.25) is 0 Å². The van der Waals surface area contributed by atoms with Gasteiger partial charge in [0.25, 0.3) is 5.56 Å². The molecule has 0 spiro atoms. The maximum Gasteiger partial charge on any atom is 0.282 e. The van der Waals surface area contributed by atoms with Crippen LogP contribution in [-0.2, 0) is 6.54 Å². The summed E-state index contributed by atoms with van der Waals surface area (Å²) in [6.45, 7) is 4.09. The third kappa shape index (κ3) is 2.69. The Morgan fingerprint density at radius 1 is 1.44 bits per heavy atom. The second-order valence-electron chi connectivity index (χ2n) is 3.97. The minimum atomic E-state index is -0.250. The summed E-state index contributed by atoms with van der Waals surface area (Å²) < 4.78 is 7.37. The summed E-state index contributed by atoms with van der Waals surface area (Å²) in [7, 11) is 0. The fraction of sp³-hybridized carbons (Fsp3) is 0.400. The van der Waals surface area contributed by atoms with Crippen molar-refractivity contribution in [3.05, 3.63) is 37.2 Å². The van der Waals surface area contributed by atoms with E-state index in [4.69, 9.17) is 4.52 Å². The Bertz CT molecular complexity index is 621. The van der Waals surface area contributed by atoms with E-state index in [1.54, 1.807) is 0 Å². The van der Waals surface area contributed by atoms with Crippen LogP contribution in [0, 0.1) is 0 Å². The van der Waals surface area contributed by atoms with Crippen molar-refractivity contribution in [3.63, 3.8) is 0 Å². The lowest BCUT2D eigenvalue weighted by Crippen LogP contribution is -2.24. The molecule has 6 nitrogen and oxygen atoms in total. The lowest BCUT2D eigenvalue weighted by atomic mass is 10.2. The molecule has 0 radical (unpaired) electrons. The zero-order valence-electron chi connectivity index (χ0n) is 9.72. The van der Waals surface area contributed by atoms with E-state index in [1.165, 1.54) is 10.9 Å². The van der Waals surface area contributed by atoms with Crippen LogP contribution in [0.3, 0.4) is 0 Å². The minimum absolute atomic E-state index is 0.160. The molecule has 0 saturated carbocycles. The Labute approximate surface area is 120 Å². The van der Waals surface area contributed by atoms with Gasteiger partial charge >= 0.3 is 0 Å². The number of hydrogen-bond acceptors (Lipinski definition) is 5. The van der Waals surface area contributed by atoms with Crippen LogP contribution in [0.15, 0.2) is 24.5 Å². The Balaban J connectivity index is 2.29. The fourth-order valence-corrected chi connectivity index (χ4v) is 1.83. The molecule has 2 heterocycles. The van der Waals surface area contributed by atoms with Gasteiger partial charge in [0.2, 0.25) is 5.89 Å². The third-order valence-corrected chi connectivity index (χ3v) is 4.11. The lowest BCUT2D eigenvalue weighted by Gasteiger charge is -2.02. The molecule has 0 aliphatic rings. The molecule has 0 fully saturated rings. The van der Waals surface area contributed by atoms with Gasteiger partial charge in [0.05, 0.1) is 10.7 Å². The highest BCUT2D eigenvalue weighted by Crippen LogP contribution is 2.16. The third-order valence-electron chi connectivity index (χ3n) is 2.21. The highest BCUT2D eigenvalue weighted by molar-refractivity contribution is 9.13. The van der Waals surface area contributed by atoms with E-state index in [9.17, 15) is 4.79 Å². The van der Waals surface area contributed by atoms with Crippen molar-refractivity contribution in [3.8, 4) is 0 Å². The molecule has 8 heteroatoms. The molecule has 0 atom stereocenters. The fourth-order valence-electron chi connectivity index (χ4n) is 1.26. The SMILES string of the molecule is CC(C)c1nc(Cn2ncc(Br)c(Br)c2=O)no1. The normalized spacial score (nSPS) is 11.2. The van der Waals surface area contributed by atoms with Gasteiger partial charge in [-0.1, -0.05) is 19.0 Å². The molecule has 2 aromatic heterocycles. The summed E-state index contributed by atoms with van der Waals surface area (Å²) in [5, 5.41) is 7.81. The van der Waals surface area contributed by atoms with E-state index in [0.29, 0.717) is 20.7 Å². The number of aromatic nitrogens is 4. The first-order valence-electron chi connectivity index (χ1n) is 5.22. The summed E-state index contributed by atoms with van der Waals surface area (Å²) in [6, 6.07) is 0. The summed E-state index contributed by atoms with van der Waals surface area (Å²) in [5.74, 6) is 1.14. The molecular formula is C10H10Br2N4O2. The predicted molar refractivity (Wildman–Crippen MR) is 71.4 cm³/mol. The van der Waals surface area contributed by atoms with Crippen molar-refractivity contribution in [2.75, 3.05) is 0 Å². The minimum Gasteiger partial charge on any atom is -0.339 e. The van der Waals surface area contributed by atoms with Crippen molar-refractivity contribution in [2.24, 2.45) is 0 Å². The van der Waals surface area contributed by atoms with Crippen LogP contribution in [0.25, 0.3) is 0 Å². The van der Waals surface area contributed by atoms with Gasteiger partial charge in [0.15, 0.2) is 5.82 Å². The Hall–Kier alpha value is -1.02. The predicted octanol–water partition coefficient (Wildman–Crippen LogP) is 2.32. The highest BCUT2D eigenvalue weighted by Gasteiger charge is 2.12. The van der Waals surface area contributed by atoms with Gasteiger partial charge in [0.1, 0.15) is 11.0 Å². The summed E-state index contributed by atoms with van der Waals surface area (Å²) in [4.78, 5) is 16.1. The number of halogens is 2. The first kappa shape index (κ1) is 13.4. The van der Waals surface area contributed by atoms with Gasteiger partial charge in [-0.05, 0) is 31.9 Å². The van der Waals surface area contributed by atoms with Crippen molar-refractivity contribution in [1.82, 2.24) is 19.9 Å². The average Bonchev–Trinajstić information content (AvgIpc) is 2.79. The van der Waals surface area contributed by atoms with E-state index < -0.39 is 0 Å². The Kier molecular flexibility index (Phi) is 3.96. The Morgan fingerprint density at radius 2 is 2.17 bits per heavy atom. The summed E-state index contributed by atoms with van der Waals surface area (Å²) >= 11 is 6.40. The van der Waals surface area contributed by atoms with E-state index in [1.807, 2.05) is 13.8 Å². The second-order valence-corrected chi connectivity index (χ2v) is 5.62. The van der Waals surface area contributed by atoms with Gasteiger partial charge in [-0.25, -0.2) is 4.68 Å². The first-order valence-corrected chi connectivity index (χ1v) is 6.81. The Morgan fingerprint density at radius 3 is 2.78 bits per heavy atom. The van der Waals surface area contributed by atoms with Crippen molar-refractivity contribution in [2.45, 2.75) is 26.3 Å². The molecule has 0 aliphatic heterocycles. The largest absolute Gasteiger partial charge is 0.339 e. The molecule has 0 amide bonds. The number of hydrogen-bond donors (Lipinski definition) is 0. The molecule has 0 saturated heterocycles. The molecule has 0 unspecified atom stereocenters. The van der Waals surface area contributed by atoms with Gasteiger partial charge < -0.3 is 4.52 Å². The molecule has 0 bridgehead atoms. The smallest absolute Gasteiger partial charge is 0.282 e.